The molecule has 1 aliphatic rings. The fourth-order valence-corrected chi connectivity index (χ4v) is 2.11. The van der Waals surface area contributed by atoms with Crippen LogP contribution in [0.15, 0.2) is 0 Å². The molecule has 1 fully saturated rings. The van der Waals surface area contributed by atoms with Gasteiger partial charge in [-0.25, -0.2) is 0 Å². The summed E-state index contributed by atoms with van der Waals surface area (Å²) >= 11 is 0. The number of hydrogen-bond acceptors (Lipinski definition) is 0. The van der Waals surface area contributed by atoms with E-state index in [-0.39, 0.29) is 0 Å². The molecule has 66 valence electrons. The topological polar surface area (TPSA) is 0 Å². The van der Waals surface area contributed by atoms with Crippen LogP contribution in [0.3, 0.4) is 0 Å². The SMILES string of the molecule is CCCC1CC1C(C)C(C)C. The summed E-state index contributed by atoms with van der Waals surface area (Å²) in [6.45, 7) is 9.43. The first-order valence-electron chi connectivity index (χ1n) is 5.16. The molecule has 0 aliphatic heterocycles. The van der Waals surface area contributed by atoms with E-state index < -0.39 is 0 Å². The van der Waals surface area contributed by atoms with Crippen LogP contribution in [0.25, 0.3) is 0 Å². The second-order valence-electron chi connectivity index (χ2n) is 4.55. The van der Waals surface area contributed by atoms with E-state index in [0.717, 1.165) is 23.7 Å². The molecule has 3 unspecified atom stereocenters. The van der Waals surface area contributed by atoms with E-state index in [1.165, 1.54) is 19.3 Å². The van der Waals surface area contributed by atoms with Gasteiger partial charge in [-0.05, 0) is 30.1 Å². The van der Waals surface area contributed by atoms with E-state index in [4.69, 9.17) is 0 Å². The third kappa shape index (κ3) is 2.21. The van der Waals surface area contributed by atoms with Crippen molar-refractivity contribution >= 4 is 0 Å². The van der Waals surface area contributed by atoms with Crippen LogP contribution in [0.5, 0.6) is 0 Å². The molecule has 0 saturated heterocycles. The quantitative estimate of drug-likeness (QED) is 0.579. The van der Waals surface area contributed by atoms with E-state index in [1.54, 1.807) is 0 Å². The lowest BCUT2D eigenvalue weighted by molar-refractivity contribution is 0.350. The molecule has 1 saturated carbocycles. The van der Waals surface area contributed by atoms with Crippen LogP contribution in [0.1, 0.15) is 47.0 Å². The smallest absolute Gasteiger partial charge is 0.0355 e. The van der Waals surface area contributed by atoms with Crippen molar-refractivity contribution in [2.75, 3.05) is 0 Å². The van der Waals surface area contributed by atoms with Gasteiger partial charge in [-0.2, -0.15) is 0 Å². The standard InChI is InChI=1S/C11H22/c1-5-6-10-7-11(10)9(4)8(2)3/h8-11H,5-7H2,1-4H3. The summed E-state index contributed by atoms with van der Waals surface area (Å²) in [5, 5.41) is 0. The predicted octanol–water partition coefficient (Wildman–Crippen LogP) is 3.71. The Morgan fingerprint density at radius 2 is 1.91 bits per heavy atom. The summed E-state index contributed by atoms with van der Waals surface area (Å²) in [5.74, 6) is 4.03. The highest BCUT2D eigenvalue weighted by molar-refractivity contribution is 4.90. The molecule has 1 rings (SSSR count). The zero-order valence-corrected chi connectivity index (χ0v) is 8.43. The Labute approximate surface area is 71.4 Å². The summed E-state index contributed by atoms with van der Waals surface area (Å²) in [7, 11) is 0. The maximum atomic E-state index is 2.42. The van der Waals surface area contributed by atoms with Crippen LogP contribution < -0.4 is 0 Å². The second-order valence-corrected chi connectivity index (χ2v) is 4.55. The lowest BCUT2D eigenvalue weighted by Gasteiger charge is -2.14. The highest BCUT2D eigenvalue weighted by Gasteiger charge is 2.40. The maximum absolute atomic E-state index is 2.42. The lowest BCUT2D eigenvalue weighted by Crippen LogP contribution is -2.07. The Bertz CT molecular complexity index is 115. The first-order chi connectivity index (χ1) is 5.16. The average Bonchev–Trinajstić information content (AvgIpc) is 2.67. The van der Waals surface area contributed by atoms with Crippen LogP contribution in [0.4, 0.5) is 0 Å². The molecule has 11 heavy (non-hydrogen) atoms. The van der Waals surface area contributed by atoms with Crippen LogP contribution in [0.2, 0.25) is 0 Å². The molecular weight excluding hydrogens is 132 g/mol. The molecule has 0 heteroatoms. The molecule has 0 bridgehead atoms. The first kappa shape index (κ1) is 9.09. The van der Waals surface area contributed by atoms with Gasteiger partial charge in [0.25, 0.3) is 0 Å². The summed E-state index contributed by atoms with van der Waals surface area (Å²) in [6, 6.07) is 0. The Morgan fingerprint density at radius 3 is 2.36 bits per heavy atom. The molecular formula is C11H22. The normalized spacial score (nSPS) is 32.5. The lowest BCUT2D eigenvalue weighted by atomic mass is 9.91. The molecule has 0 aromatic carbocycles. The molecule has 0 aromatic rings. The van der Waals surface area contributed by atoms with Gasteiger partial charge in [-0.3, -0.25) is 0 Å². The summed E-state index contributed by atoms with van der Waals surface area (Å²) in [6.07, 6.45) is 4.38. The fourth-order valence-electron chi connectivity index (χ4n) is 2.11. The van der Waals surface area contributed by atoms with Gasteiger partial charge in [0.15, 0.2) is 0 Å². The Balaban J connectivity index is 2.20. The summed E-state index contributed by atoms with van der Waals surface area (Å²) < 4.78 is 0. The van der Waals surface area contributed by atoms with Crippen molar-refractivity contribution in [2.24, 2.45) is 23.7 Å². The van der Waals surface area contributed by atoms with Crippen molar-refractivity contribution in [1.82, 2.24) is 0 Å². The molecule has 0 aromatic heterocycles. The molecule has 3 atom stereocenters. The fraction of sp³-hybridized carbons (Fsp3) is 1.00. The second kappa shape index (κ2) is 3.60. The summed E-state index contributed by atoms with van der Waals surface area (Å²) in [5.41, 5.74) is 0. The minimum atomic E-state index is 0.891. The van der Waals surface area contributed by atoms with Crippen LogP contribution in [-0.2, 0) is 0 Å². The van der Waals surface area contributed by atoms with E-state index in [0.29, 0.717) is 0 Å². The van der Waals surface area contributed by atoms with E-state index in [2.05, 4.69) is 27.7 Å². The van der Waals surface area contributed by atoms with Crippen molar-refractivity contribution in [2.45, 2.75) is 47.0 Å². The van der Waals surface area contributed by atoms with Gasteiger partial charge in [0, 0.05) is 0 Å². The van der Waals surface area contributed by atoms with E-state index in [1.807, 2.05) is 0 Å². The Hall–Kier alpha value is 0. The molecule has 0 radical (unpaired) electrons. The molecule has 0 spiro atoms. The third-order valence-corrected chi connectivity index (χ3v) is 3.36. The predicted molar refractivity (Wildman–Crippen MR) is 50.5 cm³/mol. The van der Waals surface area contributed by atoms with Crippen molar-refractivity contribution in [3.63, 3.8) is 0 Å². The monoisotopic (exact) mass is 154 g/mol. The molecule has 0 heterocycles. The molecule has 0 nitrogen and oxygen atoms in total. The van der Waals surface area contributed by atoms with Crippen molar-refractivity contribution < 1.29 is 0 Å². The van der Waals surface area contributed by atoms with E-state index >= 15 is 0 Å². The van der Waals surface area contributed by atoms with Gasteiger partial charge in [0.2, 0.25) is 0 Å². The zero-order valence-electron chi connectivity index (χ0n) is 8.43. The van der Waals surface area contributed by atoms with E-state index in [9.17, 15) is 0 Å². The zero-order chi connectivity index (χ0) is 8.43. The highest BCUT2D eigenvalue weighted by atomic mass is 14.5. The van der Waals surface area contributed by atoms with Gasteiger partial charge in [0.05, 0.1) is 0 Å². The molecule has 1 aliphatic carbocycles. The minimum Gasteiger partial charge on any atom is -0.0654 e. The van der Waals surface area contributed by atoms with Crippen LogP contribution in [-0.4, -0.2) is 0 Å². The van der Waals surface area contributed by atoms with Gasteiger partial charge >= 0.3 is 0 Å². The highest BCUT2D eigenvalue weighted by Crippen LogP contribution is 2.49. The molecule has 0 N–H and O–H groups in total. The third-order valence-electron chi connectivity index (χ3n) is 3.36. The molecule has 0 amide bonds. The minimum absolute atomic E-state index is 0.891. The summed E-state index contributed by atoms with van der Waals surface area (Å²) in [4.78, 5) is 0. The first-order valence-corrected chi connectivity index (χ1v) is 5.16. The Kier molecular flexibility index (Phi) is 2.98. The number of hydrogen-bond donors (Lipinski definition) is 0. The van der Waals surface area contributed by atoms with Gasteiger partial charge in [-0.1, -0.05) is 40.5 Å². The van der Waals surface area contributed by atoms with Gasteiger partial charge in [0.1, 0.15) is 0 Å². The maximum Gasteiger partial charge on any atom is -0.0355 e. The van der Waals surface area contributed by atoms with Gasteiger partial charge in [-0.15, -0.1) is 0 Å². The van der Waals surface area contributed by atoms with Crippen molar-refractivity contribution in [3.8, 4) is 0 Å². The Morgan fingerprint density at radius 1 is 1.27 bits per heavy atom. The van der Waals surface area contributed by atoms with Crippen LogP contribution >= 0.6 is 0 Å². The largest absolute Gasteiger partial charge is 0.0654 e. The van der Waals surface area contributed by atoms with Gasteiger partial charge < -0.3 is 0 Å². The average molecular weight is 154 g/mol. The van der Waals surface area contributed by atoms with Crippen LogP contribution in [0, 0.1) is 23.7 Å². The number of rotatable bonds is 4. The van der Waals surface area contributed by atoms with Crippen molar-refractivity contribution in [1.29, 1.82) is 0 Å². The van der Waals surface area contributed by atoms with Crippen molar-refractivity contribution in [3.05, 3.63) is 0 Å².